The number of nitrogens with one attached hydrogen (secondary N) is 1. The van der Waals surface area contributed by atoms with Crippen molar-refractivity contribution in [2.75, 3.05) is 0 Å². The van der Waals surface area contributed by atoms with Gasteiger partial charge in [0.1, 0.15) is 0 Å². The number of hydrogen-bond donors (Lipinski definition) is 1. The lowest BCUT2D eigenvalue weighted by Gasteiger charge is -2.54. The molecule has 2 nitrogen and oxygen atoms in total. The standard InChI is InChI=1S/C14H25NO/c1-13(2,3)8-5-12(16)15-11-9-14(10-11)6-4-7-14/h11H,4-10H2,1-3H3,(H,15,16). The molecule has 1 amide bonds. The maximum atomic E-state index is 11.7. The summed E-state index contributed by atoms with van der Waals surface area (Å²) in [5.74, 6) is 0.258. The Labute approximate surface area is 99.2 Å². The van der Waals surface area contributed by atoms with Crippen molar-refractivity contribution in [1.82, 2.24) is 5.32 Å². The van der Waals surface area contributed by atoms with Crippen molar-refractivity contribution in [1.29, 1.82) is 0 Å². The van der Waals surface area contributed by atoms with E-state index in [2.05, 4.69) is 26.1 Å². The molecular weight excluding hydrogens is 198 g/mol. The molecule has 92 valence electrons. The molecule has 0 atom stereocenters. The highest BCUT2D eigenvalue weighted by molar-refractivity contribution is 5.76. The molecule has 1 spiro atoms. The molecule has 0 aromatic carbocycles. The van der Waals surface area contributed by atoms with E-state index in [0.29, 0.717) is 17.9 Å². The summed E-state index contributed by atoms with van der Waals surface area (Å²) in [4.78, 5) is 11.7. The largest absolute Gasteiger partial charge is 0.353 e. The maximum Gasteiger partial charge on any atom is 0.220 e. The zero-order valence-electron chi connectivity index (χ0n) is 10.9. The Morgan fingerprint density at radius 3 is 2.38 bits per heavy atom. The van der Waals surface area contributed by atoms with Crippen LogP contribution in [0.4, 0.5) is 0 Å². The number of hydrogen-bond acceptors (Lipinski definition) is 1. The summed E-state index contributed by atoms with van der Waals surface area (Å²) in [5.41, 5.74) is 0.939. The van der Waals surface area contributed by atoms with Gasteiger partial charge in [-0.05, 0) is 42.9 Å². The summed E-state index contributed by atoms with van der Waals surface area (Å²) in [5, 5.41) is 3.17. The predicted molar refractivity (Wildman–Crippen MR) is 66.1 cm³/mol. The number of amides is 1. The first-order chi connectivity index (χ1) is 7.39. The third-order valence-corrected chi connectivity index (χ3v) is 4.24. The lowest BCUT2D eigenvalue weighted by atomic mass is 9.54. The molecule has 2 fully saturated rings. The van der Waals surface area contributed by atoms with E-state index in [1.165, 1.54) is 32.1 Å². The third kappa shape index (κ3) is 2.78. The highest BCUT2D eigenvalue weighted by Crippen LogP contribution is 2.55. The smallest absolute Gasteiger partial charge is 0.220 e. The zero-order chi connectivity index (χ0) is 11.8. The van der Waals surface area contributed by atoms with E-state index in [9.17, 15) is 4.79 Å². The molecule has 0 aromatic heterocycles. The fraction of sp³-hybridized carbons (Fsp3) is 0.929. The topological polar surface area (TPSA) is 29.1 Å². The first-order valence-corrected chi connectivity index (χ1v) is 6.68. The second kappa shape index (κ2) is 4.05. The number of carbonyl (C=O) groups is 1. The summed E-state index contributed by atoms with van der Waals surface area (Å²) in [7, 11) is 0. The van der Waals surface area contributed by atoms with Gasteiger partial charge >= 0.3 is 0 Å². The van der Waals surface area contributed by atoms with Gasteiger partial charge in [0.25, 0.3) is 0 Å². The Balaban J connectivity index is 1.62. The van der Waals surface area contributed by atoms with E-state index in [1.807, 2.05) is 0 Å². The Bertz CT molecular complexity index is 265. The van der Waals surface area contributed by atoms with Crippen molar-refractivity contribution in [2.24, 2.45) is 10.8 Å². The molecule has 2 aliphatic carbocycles. The van der Waals surface area contributed by atoms with Crippen molar-refractivity contribution >= 4 is 5.91 Å². The fourth-order valence-corrected chi connectivity index (χ4v) is 2.96. The molecular formula is C14H25NO. The lowest BCUT2D eigenvalue weighted by molar-refractivity contribution is -0.125. The third-order valence-electron chi connectivity index (χ3n) is 4.24. The van der Waals surface area contributed by atoms with Gasteiger partial charge in [0, 0.05) is 12.5 Å². The van der Waals surface area contributed by atoms with Gasteiger partial charge in [0.15, 0.2) is 0 Å². The highest BCUT2D eigenvalue weighted by atomic mass is 16.1. The second-order valence-corrected chi connectivity index (χ2v) is 7.09. The summed E-state index contributed by atoms with van der Waals surface area (Å²) in [6.07, 6.45) is 8.37. The minimum atomic E-state index is 0.258. The summed E-state index contributed by atoms with van der Waals surface area (Å²) < 4.78 is 0. The van der Waals surface area contributed by atoms with E-state index in [1.54, 1.807) is 0 Å². The van der Waals surface area contributed by atoms with Crippen molar-refractivity contribution in [2.45, 2.75) is 71.8 Å². The first kappa shape index (κ1) is 11.9. The molecule has 0 radical (unpaired) electrons. The van der Waals surface area contributed by atoms with Crippen LogP contribution in [0, 0.1) is 10.8 Å². The quantitative estimate of drug-likeness (QED) is 0.781. The van der Waals surface area contributed by atoms with Crippen LogP contribution < -0.4 is 5.32 Å². The molecule has 0 aromatic rings. The van der Waals surface area contributed by atoms with Crippen LogP contribution in [0.2, 0.25) is 0 Å². The van der Waals surface area contributed by atoms with E-state index < -0.39 is 0 Å². The van der Waals surface area contributed by atoms with Crippen molar-refractivity contribution in [3.63, 3.8) is 0 Å². The molecule has 2 rings (SSSR count). The van der Waals surface area contributed by atoms with E-state index in [0.717, 1.165) is 6.42 Å². The van der Waals surface area contributed by atoms with Gasteiger partial charge in [-0.1, -0.05) is 27.2 Å². The zero-order valence-corrected chi connectivity index (χ0v) is 10.9. The van der Waals surface area contributed by atoms with Gasteiger partial charge in [0.05, 0.1) is 0 Å². The predicted octanol–water partition coefficient (Wildman–Crippen LogP) is 3.26. The Hall–Kier alpha value is -0.530. The normalized spacial score (nSPS) is 23.7. The Morgan fingerprint density at radius 2 is 1.94 bits per heavy atom. The van der Waals surface area contributed by atoms with Crippen LogP contribution in [-0.4, -0.2) is 11.9 Å². The van der Waals surface area contributed by atoms with Crippen LogP contribution in [0.25, 0.3) is 0 Å². The molecule has 0 aliphatic heterocycles. The minimum absolute atomic E-state index is 0.258. The average Bonchev–Trinajstić information content (AvgIpc) is 2.02. The molecule has 2 heteroatoms. The second-order valence-electron chi connectivity index (χ2n) is 7.09. The minimum Gasteiger partial charge on any atom is -0.353 e. The van der Waals surface area contributed by atoms with Crippen LogP contribution >= 0.6 is 0 Å². The fourth-order valence-electron chi connectivity index (χ4n) is 2.96. The van der Waals surface area contributed by atoms with Gasteiger partial charge in [-0.15, -0.1) is 0 Å². The number of carbonyl (C=O) groups excluding carboxylic acids is 1. The van der Waals surface area contributed by atoms with Gasteiger partial charge in [-0.3, -0.25) is 4.79 Å². The van der Waals surface area contributed by atoms with Gasteiger partial charge in [0.2, 0.25) is 5.91 Å². The van der Waals surface area contributed by atoms with Crippen LogP contribution in [0.1, 0.15) is 65.7 Å². The summed E-state index contributed by atoms with van der Waals surface area (Å²) >= 11 is 0. The molecule has 0 bridgehead atoms. The van der Waals surface area contributed by atoms with Crippen LogP contribution in [0.15, 0.2) is 0 Å². The van der Waals surface area contributed by atoms with Gasteiger partial charge in [-0.25, -0.2) is 0 Å². The molecule has 0 saturated heterocycles. The number of rotatable bonds is 3. The van der Waals surface area contributed by atoms with Crippen molar-refractivity contribution in [3.8, 4) is 0 Å². The highest BCUT2D eigenvalue weighted by Gasteiger charge is 2.48. The lowest BCUT2D eigenvalue weighted by Crippen LogP contribution is -2.53. The Kier molecular flexibility index (Phi) is 3.02. The van der Waals surface area contributed by atoms with Gasteiger partial charge < -0.3 is 5.32 Å². The summed E-state index contributed by atoms with van der Waals surface area (Å²) in [6, 6.07) is 0.493. The summed E-state index contributed by atoms with van der Waals surface area (Å²) in [6.45, 7) is 6.56. The van der Waals surface area contributed by atoms with Gasteiger partial charge in [-0.2, -0.15) is 0 Å². The molecule has 0 unspecified atom stereocenters. The van der Waals surface area contributed by atoms with Crippen molar-refractivity contribution in [3.05, 3.63) is 0 Å². The van der Waals surface area contributed by atoms with Crippen LogP contribution in [0.5, 0.6) is 0 Å². The molecule has 16 heavy (non-hydrogen) atoms. The van der Waals surface area contributed by atoms with E-state index in [-0.39, 0.29) is 11.3 Å². The molecule has 2 aliphatic rings. The average molecular weight is 223 g/mol. The molecule has 0 heterocycles. The Morgan fingerprint density at radius 1 is 1.31 bits per heavy atom. The van der Waals surface area contributed by atoms with E-state index in [4.69, 9.17) is 0 Å². The molecule has 1 N–H and O–H groups in total. The van der Waals surface area contributed by atoms with Crippen LogP contribution in [-0.2, 0) is 4.79 Å². The molecule has 2 saturated carbocycles. The first-order valence-electron chi connectivity index (χ1n) is 6.68. The van der Waals surface area contributed by atoms with Crippen LogP contribution in [0.3, 0.4) is 0 Å². The van der Waals surface area contributed by atoms with E-state index >= 15 is 0 Å². The maximum absolute atomic E-state index is 11.7. The monoisotopic (exact) mass is 223 g/mol. The SMILES string of the molecule is CC(C)(C)CCC(=O)NC1CC2(CCC2)C1. The van der Waals surface area contributed by atoms with Crippen molar-refractivity contribution < 1.29 is 4.79 Å².